The van der Waals surface area contributed by atoms with Crippen LogP contribution in [0.1, 0.15) is 5.56 Å². The number of rotatable bonds is 0. The van der Waals surface area contributed by atoms with E-state index >= 15 is 0 Å². The summed E-state index contributed by atoms with van der Waals surface area (Å²) in [6, 6.07) is 10.3. The Labute approximate surface area is 86.3 Å². The van der Waals surface area contributed by atoms with Gasteiger partial charge >= 0.3 is 0 Å². The summed E-state index contributed by atoms with van der Waals surface area (Å²) in [7, 11) is 3.91. The van der Waals surface area contributed by atoms with Gasteiger partial charge in [-0.25, -0.2) is 0 Å². The van der Waals surface area contributed by atoms with E-state index in [4.69, 9.17) is 0 Å². The van der Waals surface area contributed by atoms with Crippen molar-refractivity contribution in [1.82, 2.24) is 0 Å². The van der Waals surface area contributed by atoms with Crippen molar-refractivity contribution in [2.45, 2.75) is 6.92 Å². The summed E-state index contributed by atoms with van der Waals surface area (Å²) in [6.07, 6.45) is 0. The highest BCUT2D eigenvalue weighted by Gasteiger charge is 1.96. The first-order valence-electron chi connectivity index (χ1n) is 3.73. The third-order valence-electron chi connectivity index (χ3n) is 1.29. The van der Waals surface area contributed by atoms with Gasteiger partial charge in [0.1, 0.15) is 0 Å². The topological polar surface area (TPSA) is 0 Å². The van der Waals surface area contributed by atoms with Gasteiger partial charge in [0, 0.05) is 0 Å². The second kappa shape index (κ2) is 6.75. The highest BCUT2D eigenvalue weighted by molar-refractivity contribution is 8.82. The van der Waals surface area contributed by atoms with Crippen molar-refractivity contribution in [1.29, 1.82) is 0 Å². The largest absolute Gasteiger partial charge is 0.138 e. The Morgan fingerprint density at radius 2 is 1.58 bits per heavy atom. The Kier molecular flexibility index (Phi) is 5.82. The maximum absolute atomic E-state index is 2.08. The summed E-state index contributed by atoms with van der Waals surface area (Å²) in [4.78, 5) is 0. The molecule has 0 aliphatic carbocycles. The quantitative estimate of drug-likeness (QED) is 0.601. The van der Waals surface area contributed by atoms with E-state index in [1.54, 1.807) is 0 Å². The standard InChI is InChI=1S/C7H8.C2H4S3/c1-7-5-3-2-4-6-7;1-3-2-5-4-1/h2-6H,1H3;1-2H2. The molecule has 1 saturated heterocycles. The van der Waals surface area contributed by atoms with Gasteiger partial charge in [0.25, 0.3) is 0 Å². The molecule has 3 heteroatoms. The van der Waals surface area contributed by atoms with E-state index in [1.165, 1.54) is 15.7 Å². The summed E-state index contributed by atoms with van der Waals surface area (Å²) in [5.41, 5.74) is 1.32. The van der Waals surface area contributed by atoms with E-state index in [0.717, 1.165) is 0 Å². The second-order valence-corrected chi connectivity index (χ2v) is 6.51. The molecular weight excluding hydrogens is 204 g/mol. The summed E-state index contributed by atoms with van der Waals surface area (Å²) >= 11 is 2.00. The van der Waals surface area contributed by atoms with E-state index in [1.807, 2.05) is 51.5 Å². The van der Waals surface area contributed by atoms with Crippen LogP contribution in [-0.4, -0.2) is 10.2 Å². The molecule has 0 nitrogen and oxygen atoms in total. The summed E-state index contributed by atoms with van der Waals surface area (Å²) in [6.45, 7) is 2.08. The number of hydrogen-bond donors (Lipinski definition) is 0. The van der Waals surface area contributed by atoms with E-state index < -0.39 is 0 Å². The minimum Gasteiger partial charge on any atom is -0.138 e. The van der Waals surface area contributed by atoms with Gasteiger partial charge < -0.3 is 0 Å². The van der Waals surface area contributed by atoms with Crippen LogP contribution in [0.4, 0.5) is 0 Å². The minimum absolute atomic E-state index is 1.30. The maximum Gasteiger partial charge on any atom is 0.0505 e. The molecule has 66 valence electrons. The van der Waals surface area contributed by atoms with Gasteiger partial charge in [0.15, 0.2) is 0 Å². The van der Waals surface area contributed by atoms with Gasteiger partial charge in [-0.3, -0.25) is 0 Å². The van der Waals surface area contributed by atoms with Crippen LogP contribution >= 0.6 is 33.3 Å². The molecule has 1 fully saturated rings. The Hall–Kier alpha value is 0.270. The first-order chi connectivity index (χ1) is 5.89. The summed E-state index contributed by atoms with van der Waals surface area (Å²) in [5, 5.41) is 2.59. The molecule has 0 aromatic heterocycles. The fraction of sp³-hybridized carbons (Fsp3) is 0.333. The first kappa shape index (κ1) is 10.4. The van der Waals surface area contributed by atoms with Gasteiger partial charge in [-0.15, -0.1) is 11.8 Å². The molecule has 1 aliphatic heterocycles. The highest BCUT2D eigenvalue weighted by Crippen LogP contribution is 2.36. The van der Waals surface area contributed by atoms with Gasteiger partial charge in [-0.1, -0.05) is 57.5 Å². The van der Waals surface area contributed by atoms with Crippen molar-refractivity contribution in [2.24, 2.45) is 0 Å². The molecule has 2 rings (SSSR count). The smallest absolute Gasteiger partial charge is 0.0505 e. The van der Waals surface area contributed by atoms with E-state index in [0.29, 0.717) is 0 Å². The molecule has 0 amide bonds. The summed E-state index contributed by atoms with van der Waals surface area (Å²) in [5.74, 6) is 0. The van der Waals surface area contributed by atoms with E-state index in [2.05, 4.69) is 19.1 Å². The monoisotopic (exact) mass is 216 g/mol. The lowest BCUT2D eigenvalue weighted by Crippen LogP contribution is -1.62. The Morgan fingerprint density at radius 1 is 1.00 bits per heavy atom. The van der Waals surface area contributed by atoms with Crippen LogP contribution in [0, 0.1) is 6.92 Å². The first-order valence-corrected chi connectivity index (χ1v) is 7.37. The molecule has 1 aliphatic rings. The van der Waals surface area contributed by atoms with Crippen molar-refractivity contribution in [3.63, 3.8) is 0 Å². The lowest BCUT2D eigenvalue weighted by molar-refractivity contribution is 1.48. The van der Waals surface area contributed by atoms with Crippen LogP contribution in [0.15, 0.2) is 30.3 Å². The number of benzene rings is 1. The van der Waals surface area contributed by atoms with E-state index in [9.17, 15) is 0 Å². The third kappa shape index (κ3) is 5.01. The molecule has 0 N–H and O–H groups in total. The zero-order chi connectivity index (χ0) is 8.65. The van der Waals surface area contributed by atoms with Gasteiger partial charge in [-0.05, 0) is 6.92 Å². The van der Waals surface area contributed by atoms with Gasteiger partial charge in [-0.2, -0.15) is 0 Å². The molecule has 1 aromatic carbocycles. The predicted octanol–water partition coefficient (Wildman–Crippen LogP) is 4.02. The molecule has 0 bridgehead atoms. The number of hydrogen-bond acceptors (Lipinski definition) is 3. The molecule has 1 aromatic rings. The summed E-state index contributed by atoms with van der Waals surface area (Å²) < 4.78 is 0. The van der Waals surface area contributed by atoms with Crippen molar-refractivity contribution >= 4 is 33.3 Å². The van der Waals surface area contributed by atoms with Gasteiger partial charge in [0.05, 0.1) is 10.2 Å². The Balaban J connectivity index is 0.000000127. The molecule has 0 atom stereocenters. The Bertz CT molecular complexity index is 187. The number of thioether (sulfide) groups is 1. The number of aryl methyl sites for hydroxylation is 1. The molecule has 0 saturated carbocycles. The molecule has 12 heavy (non-hydrogen) atoms. The SMILES string of the molecule is C1SCSS1.Cc1ccccc1. The average Bonchev–Trinajstić information content (AvgIpc) is 2.62. The fourth-order valence-corrected chi connectivity index (χ4v) is 5.13. The van der Waals surface area contributed by atoms with Crippen LogP contribution < -0.4 is 0 Å². The van der Waals surface area contributed by atoms with Crippen molar-refractivity contribution in [2.75, 3.05) is 10.2 Å². The third-order valence-corrected chi connectivity index (χ3v) is 5.79. The predicted molar refractivity (Wildman–Crippen MR) is 63.7 cm³/mol. The van der Waals surface area contributed by atoms with Crippen LogP contribution in [0.2, 0.25) is 0 Å². The zero-order valence-electron chi connectivity index (χ0n) is 7.03. The lowest BCUT2D eigenvalue weighted by Gasteiger charge is -1.82. The zero-order valence-corrected chi connectivity index (χ0v) is 9.48. The van der Waals surface area contributed by atoms with Crippen molar-refractivity contribution < 1.29 is 0 Å². The molecular formula is C9H12S3. The molecule has 0 unspecified atom stereocenters. The minimum atomic E-state index is 1.30. The van der Waals surface area contributed by atoms with Crippen LogP contribution in [0.25, 0.3) is 0 Å². The average molecular weight is 216 g/mol. The fourth-order valence-electron chi connectivity index (χ4n) is 0.704. The normalized spacial score (nSPS) is 15.1. The highest BCUT2D eigenvalue weighted by atomic mass is 33.1. The van der Waals surface area contributed by atoms with Crippen LogP contribution in [-0.2, 0) is 0 Å². The van der Waals surface area contributed by atoms with Crippen molar-refractivity contribution in [3.8, 4) is 0 Å². The molecule has 1 heterocycles. The van der Waals surface area contributed by atoms with Gasteiger partial charge in [0.2, 0.25) is 0 Å². The van der Waals surface area contributed by atoms with Crippen LogP contribution in [0.5, 0.6) is 0 Å². The molecule has 0 radical (unpaired) electrons. The maximum atomic E-state index is 2.08. The van der Waals surface area contributed by atoms with Crippen molar-refractivity contribution in [3.05, 3.63) is 35.9 Å². The van der Waals surface area contributed by atoms with E-state index in [-0.39, 0.29) is 0 Å². The van der Waals surface area contributed by atoms with Crippen LogP contribution in [0.3, 0.4) is 0 Å². The molecule has 0 spiro atoms. The lowest BCUT2D eigenvalue weighted by atomic mass is 10.2. The Morgan fingerprint density at radius 3 is 1.83 bits per heavy atom. The second-order valence-electron chi connectivity index (χ2n) is 2.33.